The van der Waals surface area contributed by atoms with Gasteiger partial charge in [-0.25, -0.2) is 13.4 Å². The number of hydrogen-bond acceptors (Lipinski definition) is 6. The van der Waals surface area contributed by atoms with Crippen molar-refractivity contribution >= 4 is 46.4 Å². The quantitative estimate of drug-likeness (QED) is 0.419. The summed E-state index contributed by atoms with van der Waals surface area (Å²) in [5.74, 6) is 0.772. The summed E-state index contributed by atoms with van der Waals surface area (Å²) in [7, 11) is -1.78. The molecule has 8 nitrogen and oxygen atoms in total. The van der Waals surface area contributed by atoms with Crippen LogP contribution in [0.15, 0.2) is 65.7 Å². The van der Waals surface area contributed by atoms with Crippen molar-refractivity contribution in [1.82, 2.24) is 18.9 Å². The van der Waals surface area contributed by atoms with Gasteiger partial charge in [-0.1, -0.05) is 41.9 Å². The molecule has 35 heavy (non-hydrogen) atoms. The molecule has 4 aromatic rings. The van der Waals surface area contributed by atoms with Crippen molar-refractivity contribution in [3.05, 3.63) is 71.4 Å². The number of nitrogens with zero attached hydrogens (tertiary/aromatic N) is 5. The van der Waals surface area contributed by atoms with Crippen LogP contribution < -0.4 is 10.8 Å². The molecule has 1 saturated heterocycles. The van der Waals surface area contributed by atoms with Crippen molar-refractivity contribution in [2.75, 3.05) is 18.4 Å². The molecule has 5 rings (SSSR count). The van der Waals surface area contributed by atoms with Gasteiger partial charge in [0.1, 0.15) is 19.7 Å². The number of nitriles is 1. The zero-order chi connectivity index (χ0) is 24.6. The predicted molar refractivity (Wildman–Crippen MR) is 138 cm³/mol. The van der Waals surface area contributed by atoms with Crippen molar-refractivity contribution < 1.29 is 8.42 Å². The SMILES string of the molecule is Bc1cnn2c(NC3CCN(S(=O)(=O)c4ccccc4C#N)CC3)cc(-c3ccccc3Cl)nc12. The maximum Gasteiger partial charge on any atom is 0.244 e. The molecule has 0 unspecified atom stereocenters. The minimum absolute atomic E-state index is 0.0434. The number of anilines is 1. The molecule has 0 saturated carbocycles. The standard InChI is InChI=1S/C24H22BClN6O2S/c25-19-15-28-32-23(13-21(30-24(19)32)18-6-2-3-7-20(18)26)29-17-9-11-31(12-10-17)35(33,34)22-8-4-1-5-16(22)14-27/h1-8,13,15,17,29H,9-12,25H2. The van der Waals surface area contributed by atoms with E-state index in [2.05, 4.69) is 10.4 Å². The Morgan fingerprint density at radius 1 is 1.11 bits per heavy atom. The molecule has 1 aliphatic heterocycles. The smallest absolute Gasteiger partial charge is 0.244 e. The lowest BCUT2D eigenvalue weighted by Gasteiger charge is -2.32. The van der Waals surface area contributed by atoms with Crippen LogP contribution in [0.2, 0.25) is 5.02 Å². The molecular weight excluding hydrogens is 483 g/mol. The number of sulfonamides is 1. The van der Waals surface area contributed by atoms with Crippen LogP contribution in [-0.4, -0.2) is 54.3 Å². The molecule has 0 amide bonds. The molecule has 2 aromatic heterocycles. The number of nitrogens with one attached hydrogen (secondary N) is 1. The van der Waals surface area contributed by atoms with Crippen molar-refractivity contribution in [2.45, 2.75) is 23.8 Å². The fourth-order valence-electron chi connectivity index (χ4n) is 4.36. The molecule has 0 aliphatic carbocycles. The van der Waals surface area contributed by atoms with Gasteiger partial charge in [-0.3, -0.25) is 0 Å². The number of benzene rings is 2. The molecular formula is C24H22BClN6O2S. The lowest BCUT2D eigenvalue weighted by Crippen LogP contribution is -2.42. The fraction of sp³-hybridized carbons (Fsp3) is 0.208. The lowest BCUT2D eigenvalue weighted by molar-refractivity contribution is 0.329. The predicted octanol–water partition coefficient (Wildman–Crippen LogP) is 2.44. The molecule has 1 aliphatic rings. The van der Waals surface area contributed by atoms with Crippen LogP contribution in [0.4, 0.5) is 5.82 Å². The Morgan fingerprint density at radius 2 is 1.83 bits per heavy atom. The number of halogens is 1. The van der Waals surface area contributed by atoms with E-state index in [0.717, 1.165) is 28.2 Å². The van der Waals surface area contributed by atoms with E-state index in [1.807, 2.05) is 44.2 Å². The highest BCUT2D eigenvalue weighted by molar-refractivity contribution is 7.89. The number of piperidine rings is 1. The van der Waals surface area contributed by atoms with Gasteiger partial charge in [0.15, 0.2) is 5.65 Å². The third kappa shape index (κ3) is 4.38. The Hall–Kier alpha value is -3.39. The first-order chi connectivity index (χ1) is 16.9. The van der Waals surface area contributed by atoms with Gasteiger partial charge in [0, 0.05) is 42.0 Å². The summed E-state index contributed by atoms with van der Waals surface area (Å²) in [5.41, 5.74) is 3.41. The molecule has 0 atom stereocenters. The van der Waals surface area contributed by atoms with E-state index >= 15 is 0 Å². The Bertz CT molecular complexity index is 1560. The molecule has 176 valence electrons. The molecule has 0 radical (unpaired) electrons. The van der Waals surface area contributed by atoms with Gasteiger partial charge in [-0.05, 0) is 36.5 Å². The molecule has 3 heterocycles. The van der Waals surface area contributed by atoms with E-state index in [-0.39, 0.29) is 16.5 Å². The molecule has 2 aromatic carbocycles. The van der Waals surface area contributed by atoms with Gasteiger partial charge in [0.2, 0.25) is 10.0 Å². The van der Waals surface area contributed by atoms with Crippen LogP contribution >= 0.6 is 11.6 Å². The summed E-state index contributed by atoms with van der Waals surface area (Å²) in [6.07, 6.45) is 2.99. The summed E-state index contributed by atoms with van der Waals surface area (Å²) in [6.45, 7) is 0.701. The summed E-state index contributed by atoms with van der Waals surface area (Å²) < 4.78 is 29.5. The highest BCUT2D eigenvalue weighted by Gasteiger charge is 2.31. The monoisotopic (exact) mass is 504 g/mol. The van der Waals surface area contributed by atoms with E-state index in [9.17, 15) is 13.7 Å². The van der Waals surface area contributed by atoms with Crippen LogP contribution in [0.3, 0.4) is 0 Å². The van der Waals surface area contributed by atoms with E-state index in [1.54, 1.807) is 22.8 Å². The first-order valence-corrected chi connectivity index (χ1v) is 13.1. The van der Waals surface area contributed by atoms with E-state index in [4.69, 9.17) is 16.6 Å². The molecule has 11 heteroatoms. The highest BCUT2D eigenvalue weighted by Crippen LogP contribution is 2.29. The van der Waals surface area contributed by atoms with E-state index in [1.165, 1.54) is 16.4 Å². The Labute approximate surface area is 209 Å². The van der Waals surface area contributed by atoms with Crippen LogP contribution in [0.1, 0.15) is 18.4 Å². The molecule has 0 spiro atoms. The second kappa shape index (κ2) is 9.34. The molecule has 0 bridgehead atoms. The van der Waals surface area contributed by atoms with Gasteiger partial charge >= 0.3 is 0 Å². The number of rotatable bonds is 5. The van der Waals surface area contributed by atoms with Crippen molar-refractivity contribution in [2.24, 2.45) is 0 Å². The minimum atomic E-state index is -3.74. The summed E-state index contributed by atoms with van der Waals surface area (Å²) in [4.78, 5) is 4.83. The highest BCUT2D eigenvalue weighted by atomic mass is 35.5. The second-order valence-electron chi connectivity index (χ2n) is 8.50. The topological polar surface area (TPSA) is 103 Å². The zero-order valence-electron chi connectivity index (χ0n) is 19.0. The third-order valence-electron chi connectivity index (χ3n) is 6.23. The normalized spacial score (nSPS) is 15.2. The summed E-state index contributed by atoms with van der Waals surface area (Å²) >= 11 is 6.43. The lowest BCUT2D eigenvalue weighted by atomic mass is 10.0. The maximum absolute atomic E-state index is 13.2. The average molecular weight is 505 g/mol. The van der Waals surface area contributed by atoms with Gasteiger partial charge in [0.25, 0.3) is 0 Å². The third-order valence-corrected chi connectivity index (χ3v) is 8.52. The maximum atomic E-state index is 13.2. The van der Waals surface area contributed by atoms with Crippen LogP contribution in [-0.2, 0) is 10.0 Å². The first-order valence-electron chi connectivity index (χ1n) is 11.2. The van der Waals surface area contributed by atoms with Crippen LogP contribution in [0, 0.1) is 11.3 Å². The van der Waals surface area contributed by atoms with Crippen LogP contribution in [0.5, 0.6) is 0 Å². The zero-order valence-corrected chi connectivity index (χ0v) is 20.6. The largest absolute Gasteiger partial charge is 0.367 e. The molecule has 1 N–H and O–H groups in total. The number of fused-ring (bicyclic) bond motifs is 1. The van der Waals surface area contributed by atoms with Crippen molar-refractivity contribution in [3.63, 3.8) is 0 Å². The van der Waals surface area contributed by atoms with Gasteiger partial charge in [-0.2, -0.15) is 19.2 Å². The van der Waals surface area contributed by atoms with Gasteiger partial charge in [-0.15, -0.1) is 0 Å². The fourth-order valence-corrected chi connectivity index (χ4v) is 6.20. The van der Waals surface area contributed by atoms with Gasteiger partial charge in [0.05, 0.1) is 16.2 Å². The van der Waals surface area contributed by atoms with Crippen molar-refractivity contribution in [3.8, 4) is 17.3 Å². The first kappa shape index (κ1) is 23.4. The Balaban J connectivity index is 1.39. The number of hydrogen-bond donors (Lipinski definition) is 1. The van der Waals surface area contributed by atoms with E-state index < -0.39 is 10.0 Å². The molecule has 1 fully saturated rings. The van der Waals surface area contributed by atoms with Crippen LogP contribution in [0.25, 0.3) is 16.9 Å². The minimum Gasteiger partial charge on any atom is -0.367 e. The van der Waals surface area contributed by atoms with Gasteiger partial charge < -0.3 is 5.32 Å². The Morgan fingerprint density at radius 3 is 2.57 bits per heavy atom. The summed E-state index contributed by atoms with van der Waals surface area (Å²) in [6, 6.07) is 17.8. The number of aromatic nitrogens is 3. The summed E-state index contributed by atoms with van der Waals surface area (Å²) in [5, 5.41) is 18.0. The second-order valence-corrected chi connectivity index (χ2v) is 10.8. The Kier molecular flexibility index (Phi) is 6.23. The average Bonchev–Trinajstić information content (AvgIpc) is 3.25. The van der Waals surface area contributed by atoms with Crippen molar-refractivity contribution in [1.29, 1.82) is 5.26 Å². The van der Waals surface area contributed by atoms with E-state index in [0.29, 0.717) is 31.0 Å².